The summed E-state index contributed by atoms with van der Waals surface area (Å²) in [5, 5.41) is 9.68. The molecule has 4 nitrogen and oxygen atoms in total. The first kappa shape index (κ1) is 19.5. The van der Waals surface area contributed by atoms with E-state index < -0.39 is 0 Å². The van der Waals surface area contributed by atoms with Gasteiger partial charge >= 0.3 is 0 Å². The van der Waals surface area contributed by atoms with Gasteiger partial charge in [0.25, 0.3) is 0 Å². The number of aliphatic imine (C=N–C) groups is 1. The summed E-state index contributed by atoms with van der Waals surface area (Å²) in [5.74, 6) is 0.736. The number of fused-ring (bicyclic) bond motifs is 1. The molecule has 1 aromatic heterocycles. The predicted molar refractivity (Wildman–Crippen MR) is 116 cm³/mol. The lowest BCUT2D eigenvalue weighted by Crippen LogP contribution is -2.36. The molecule has 1 heterocycles. The van der Waals surface area contributed by atoms with Crippen molar-refractivity contribution >= 4 is 52.3 Å². The fraction of sp³-hybridized carbons (Fsp3) is 0.158. The Morgan fingerprint density at radius 2 is 1.72 bits per heavy atom. The van der Waals surface area contributed by atoms with Crippen LogP contribution in [0, 0.1) is 0 Å². The van der Waals surface area contributed by atoms with Crippen LogP contribution in [0.4, 0.5) is 0 Å². The average molecular weight is 467 g/mol. The summed E-state index contributed by atoms with van der Waals surface area (Å²) < 4.78 is 0. The third-order valence-electron chi connectivity index (χ3n) is 3.78. The normalized spacial score (nSPS) is 11.0. The first-order valence-corrected chi connectivity index (χ1v) is 8.15. The van der Waals surface area contributed by atoms with Crippen LogP contribution in [0.2, 0.25) is 5.02 Å². The summed E-state index contributed by atoms with van der Waals surface area (Å²) in [5.41, 5.74) is 2.15. The van der Waals surface area contributed by atoms with E-state index in [1.165, 1.54) is 5.39 Å². The lowest BCUT2D eigenvalue weighted by atomic mass is 10.1. The fourth-order valence-electron chi connectivity index (χ4n) is 2.50. The zero-order valence-electron chi connectivity index (χ0n) is 13.9. The van der Waals surface area contributed by atoms with Gasteiger partial charge in [0.05, 0.1) is 12.2 Å². The van der Waals surface area contributed by atoms with Crippen molar-refractivity contribution in [3.05, 3.63) is 77.1 Å². The zero-order chi connectivity index (χ0) is 16.8. The van der Waals surface area contributed by atoms with Crippen molar-refractivity contribution < 1.29 is 0 Å². The lowest BCUT2D eigenvalue weighted by Gasteiger charge is -2.13. The Hall–Kier alpha value is -1.86. The molecule has 0 atom stereocenters. The smallest absolute Gasteiger partial charge is 0.191 e. The van der Waals surface area contributed by atoms with E-state index in [1.54, 1.807) is 7.05 Å². The number of hydrogen-bond donors (Lipinski definition) is 2. The molecule has 0 saturated carbocycles. The molecule has 2 N–H and O–H groups in total. The molecule has 130 valence electrons. The Bertz CT molecular complexity index is 844. The van der Waals surface area contributed by atoms with Crippen LogP contribution in [0.25, 0.3) is 10.8 Å². The van der Waals surface area contributed by atoms with Gasteiger partial charge in [-0.05, 0) is 29.1 Å². The predicted octanol–water partition coefficient (Wildman–Crippen LogP) is 4.37. The fourth-order valence-corrected chi connectivity index (χ4v) is 2.63. The van der Waals surface area contributed by atoms with Crippen molar-refractivity contribution in [2.45, 2.75) is 13.1 Å². The Morgan fingerprint density at radius 3 is 2.48 bits per heavy atom. The van der Waals surface area contributed by atoms with Crippen molar-refractivity contribution in [2.75, 3.05) is 7.05 Å². The van der Waals surface area contributed by atoms with E-state index in [9.17, 15) is 0 Å². The van der Waals surface area contributed by atoms with Gasteiger partial charge < -0.3 is 10.6 Å². The average Bonchev–Trinajstić information content (AvgIpc) is 2.63. The molecule has 0 fully saturated rings. The van der Waals surface area contributed by atoms with E-state index in [4.69, 9.17) is 11.6 Å². The number of hydrogen-bond acceptors (Lipinski definition) is 2. The van der Waals surface area contributed by atoms with Crippen LogP contribution in [-0.2, 0) is 13.1 Å². The topological polar surface area (TPSA) is 49.3 Å². The molecule has 0 aliphatic heterocycles. The summed E-state index contributed by atoms with van der Waals surface area (Å²) in [7, 11) is 1.76. The van der Waals surface area contributed by atoms with E-state index in [0.717, 1.165) is 27.6 Å². The molecule has 0 aliphatic carbocycles. The minimum absolute atomic E-state index is 0. The van der Waals surface area contributed by atoms with Crippen molar-refractivity contribution in [1.82, 2.24) is 15.6 Å². The van der Waals surface area contributed by atoms with E-state index in [0.29, 0.717) is 13.1 Å². The molecule has 6 heteroatoms. The highest BCUT2D eigenvalue weighted by atomic mass is 127. The summed E-state index contributed by atoms with van der Waals surface area (Å²) >= 11 is 5.90. The van der Waals surface area contributed by atoms with Gasteiger partial charge in [-0.15, -0.1) is 24.0 Å². The maximum Gasteiger partial charge on any atom is 0.191 e. The standard InChI is InChI=1S/C19H19ClN4.HI/c1-21-19(23-12-14-6-8-16(20)9-7-14)24-13-18-17-5-3-2-4-15(17)10-11-22-18;/h2-11H,12-13H2,1H3,(H2,21,23,24);1H. The number of aromatic nitrogens is 1. The Balaban J connectivity index is 0.00000225. The van der Waals surface area contributed by atoms with Gasteiger partial charge in [0.15, 0.2) is 5.96 Å². The van der Waals surface area contributed by atoms with Gasteiger partial charge in [0.1, 0.15) is 0 Å². The largest absolute Gasteiger partial charge is 0.352 e. The van der Waals surface area contributed by atoms with Gasteiger partial charge in [0.2, 0.25) is 0 Å². The lowest BCUT2D eigenvalue weighted by molar-refractivity contribution is 0.799. The van der Waals surface area contributed by atoms with Crippen LogP contribution >= 0.6 is 35.6 Å². The second kappa shape index (κ2) is 9.58. The molecule has 0 bridgehead atoms. The molecule has 0 radical (unpaired) electrons. The summed E-state index contributed by atoms with van der Waals surface area (Å²) in [4.78, 5) is 8.74. The van der Waals surface area contributed by atoms with E-state index in [1.807, 2.05) is 48.7 Å². The number of guanidine groups is 1. The molecule has 25 heavy (non-hydrogen) atoms. The van der Waals surface area contributed by atoms with Crippen LogP contribution in [-0.4, -0.2) is 18.0 Å². The molecular formula is C19H20ClIN4. The number of nitrogens with one attached hydrogen (secondary N) is 2. The minimum Gasteiger partial charge on any atom is -0.352 e. The molecule has 0 spiro atoms. The number of rotatable bonds is 4. The monoisotopic (exact) mass is 466 g/mol. The summed E-state index contributed by atoms with van der Waals surface area (Å²) in [6.07, 6.45) is 1.84. The first-order chi connectivity index (χ1) is 11.8. The van der Waals surface area contributed by atoms with Crippen LogP contribution < -0.4 is 10.6 Å². The second-order valence-electron chi connectivity index (χ2n) is 5.38. The third kappa shape index (κ3) is 5.31. The summed E-state index contributed by atoms with van der Waals surface area (Å²) in [6.45, 7) is 1.29. The second-order valence-corrected chi connectivity index (χ2v) is 5.82. The number of pyridine rings is 1. The Morgan fingerprint density at radius 1 is 1.00 bits per heavy atom. The molecular weight excluding hydrogens is 447 g/mol. The third-order valence-corrected chi connectivity index (χ3v) is 4.03. The van der Waals surface area contributed by atoms with Crippen molar-refractivity contribution in [3.8, 4) is 0 Å². The maximum absolute atomic E-state index is 5.90. The number of nitrogens with zero attached hydrogens (tertiary/aromatic N) is 2. The highest BCUT2D eigenvalue weighted by molar-refractivity contribution is 14.0. The van der Waals surface area contributed by atoms with E-state index in [2.05, 4.69) is 32.7 Å². The van der Waals surface area contributed by atoms with Crippen LogP contribution in [0.1, 0.15) is 11.3 Å². The summed E-state index contributed by atoms with van der Waals surface area (Å²) in [6, 6.07) is 18.0. The molecule has 3 rings (SSSR count). The first-order valence-electron chi connectivity index (χ1n) is 7.78. The number of benzene rings is 2. The number of halogens is 2. The van der Waals surface area contributed by atoms with E-state index in [-0.39, 0.29) is 24.0 Å². The van der Waals surface area contributed by atoms with E-state index >= 15 is 0 Å². The molecule has 0 unspecified atom stereocenters. The zero-order valence-corrected chi connectivity index (χ0v) is 17.0. The van der Waals surface area contributed by atoms with Gasteiger partial charge in [-0.25, -0.2) is 0 Å². The maximum atomic E-state index is 5.90. The van der Waals surface area contributed by atoms with Crippen LogP contribution in [0.3, 0.4) is 0 Å². The molecule has 0 amide bonds. The SMILES string of the molecule is CN=C(NCc1ccc(Cl)cc1)NCc1nccc2ccccc12.I. The van der Waals surface area contributed by atoms with Gasteiger partial charge in [-0.1, -0.05) is 48.0 Å². The molecule has 3 aromatic rings. The van der Waals surface area contributed by atoms with Crippen LogP contribution in [0.15, 0.2) is 65.8 Å². The highest BCUT2D eigenvalue weighted by Crippen LogP contribution is 2.15. The Labute approximate surface area is 169 Å². The van der Waals surface area contributed by atoms with Crippen molar-refractivity contribution in [3.63, 3.8) is 0 Å². The van der Waals surface area contributed by atoms with Crippen molar-refractivity contribution in [2.24, 2.45) is 4.99 Å². The Kier molecular flexibility index (Phi) is 7.46. The molecule has 2 aromatic carbocycles. The molecule has 0 aliphatic rings. The molecule has 0 saturated heterocycles. The van der Waals surface area contributed by atoms with Crippen LogP contribution in [0.5, 0.6) is 0 Å². The minimum atomic E-state index is 0. The van der Waals surface area contributed by atoms with Gasteiger partial charge in [-0.2, -0.15) is 0 Å². The quantitative estimate of drug-likeness (QED) is 0.341. The van der Waals surface area contributed by atoms with Gasteiger partial charge in [0, 0.05) is 30.2 Å². The highest BCUT2D eigenvalue weighted by Gasteiger charge is 2.04. The van der Waals surface area contributed by atoms with Crippen molar-refractivity contribution in [1.29, 1.82) is 0 Å². The van der Waals surface area contributed by atoms with Gasteiger partial charge in [-0.3, -0.25) is 9.98 Å².